The molecular formula is C12H14O2S3. The van der Waals surface area contributed by atoms with E-state index in [0.29, 0.717) is 4.90 Å². The molecule has 0 bridgehead atoms. The van der Waals surface area contributed by atoms with Crippen molar-refractivity contribution in [3.63, 3.8) is 0 Å². The van der Waals surface area contributed by atoms with Gasteiger partial charge in [0, 0.05) is 0 Å². The fourth-order valence-electron chi connectivity index (χ4n) is 1.44. The fourth-order valence-corrected chi connectivity index (χ4v) is 5.64. The predicted molar refractivity (Wildman–Crippen MR) is 76.0 cm³/mol. The molecule has 0 amide bonds. The Labute approximate surface area is 111 Å². The average Bonchev–Trinajstić information content (AvgIpc) is 2.30. The van der Waals surface area contributed by atoms with Gasteiger partial charge in [-0.25, -0.2) is 8.42 Å². The molecular weight excluding hydrogens is 272 g/mol. The van der Waals surface area contributed by atoms with Gasteiger partial charge >= 0.3 is 0 Å². The first kappa shape index (κ1) is 13.1. The van der Waals surface area contributed by atoms with Crippen LogP contribution in [0.2, 0.25) is 0 Å². The third kappa shape index (κ3) is 3.53. The molecule has 0 radical (unpaired) electrons. The zero-order chi connectivity index (χ0) is 12.3. The van der Waals surface area contributed by atoms with Crippen molar-refractivity contribution in [2.24, 2.45) is 0 Å². The molecule has 0 saturated carbocycles. The third-order valence-corrected chi connectivity index (χ3v) is 6.65. The summed E-state index contributed by atoms with van der Waals surface area (Å²) in [5, 5.41) is 1.41. The Kier molecular flexibility index (Phi) is 4.22. The topological polar surface area (TPSA) is 34.1 Å². The standard InChI is InChI=1S/C12H14O2S3/c1-10-3-5-11(6-4-10)17(13,14)9-12-15-7-2-8-16-12/h3-6,9H,2,7-8H2,1H3. The van der Waals surface area contributed by atoms with E-state index in [0.717, 1.165) is 27.7 Å². The van der Waals surface area contributed by atoms with Crippen LogP contribution in [0.3, 0.4) is 0 Å². The molecule has 2 nitrogen and oxygen atoms in total. The predicted octanol–water partition coefficient (Wildman–Crippen LogP) is 3.44. The molecule has 1 fully saturated rings. The average molecular weight is 286 g/mol. The number of benzene rings is 1. The number of aryl methyl sites for hydroxylation is 1. The lowest BCUT2D eigenvalue weighted by Gasteiger charge is -2.12. The molecule has 0 aliphatic carbocycles. The van der Waals surface area contributed by atoms with Gasteiger partial charge in [0.1, 0.15) is 0 Å². The normalized spacial score (nSPS) is 16.9. The van der Waals surface area contributed by atoms with Crippen molar-refractivity contribution >= 4 is 33.4 Å². The van der Waals surface area contributed by atoms with Crippen molar-refractivity contribution in [3.8, 4) is 0 Å². The van der Waals surface area contributed by atoms with E-state index in [2.05, 4.69) is 0 Å². The van der Waals surface area contributed by atoms with Crippen LogP contribution in [0.5, 0.6) is 0 Å². The second kappa shape index (κ2) is 5.50. The minimum absolute atomic E-state index is 0.377. The van der Waals surface area contributed by atoms with Crippen molar-refractivity contribution < 1.29 is 8.42 Å². The van der Waals surface area contributed by atoms with E-state index in [1.54, 1.807) is 35.7 Å². The summed E-state index contributed by atoms with van der Waals surface area (Å²) in [7, 11) is -3.28. The Morgan fingerprint density at radius 2 is 1.71 bits per heavy atom. The minimum Gasteiger partial charge on any atom is -0.219 e. The van der Waals surface area contributed by atoms with Gasteiger partial charge in [0.05, 0.1) is 14.5 Å². The number of sulfone groups is 1. The Balaban J connectivity index is 2.27. The molecule has 2 rings (SSSR count). The molecule has 5 heteroatoms. The van der Waals surface area contributed by atoms with Gasteiger partial charge in [0.15, 0.2) is 0 Å². The molecule has 17 heavy (non-hydrogen) atoms. The molecule has 0 aromatic heterocycles. The van der Waals surface area contributed by atoms with E-state index < -0.39 is 9.84 Å². The van der Waals surface area contributed by atoms with E-state index >= 15 is 0 Å². The number of hydrogen-bond acceptors (Lipinski definition) is 4. The summed E-state index contributed by atoms with van der Waals surface area (Å²) >= 11 is 3.27. The zero-order valence-electron chi connectivity index (χ0n) is 9.55. The first-order valence-electron chi connectivity index (χ1n) is 5.37. The van der Waals surface area contributed by atoms with Crippen LogP contribution in [-0.4, -0.2) is 19.9 Å². The van der Waals surface area contributed by atoms with Gasteiger partial charge in [0.2, 0.25) is 9.84 Å². The summed E-state index contributed by atoms with van der Waals surface area (Å²) in [6, 6.07) is 6.98. The monoisotopic (exact) mass is 286 g/mol. The van der Waals surface area contributed by atoms with Crippen LogP contribution >= 0.6 is 23.5 Å². The van der Waals surface area contributed by atoms with Gasteiger partial charge in [-0.15, -0.1) is 23.5 Å². The van der Waals surface area contributed by atoms with Crippen LogP contribution in [0.1, 0.15) is 12.0 Å². The summed E-state index contributed by atoms with van der Waals surface area (Å²) in [5.41, 5.74) is 1.07. The summed E-state index contributed by atoms with van der Waals surface area (Å²) < 4.78 is 25.1. The molecule has 1 aliphatic heterocycles. The van der Waals surface area contributed by atoms with Crippen LogP contribution in [0, 0.1) is 6.92 Å². The highest BCUT2D eigenvalue weighted by atomic mass is 32.2. The van der Waals surface area contributed by atoms with Crippen LogP contribution in [0.25, 0.3) is 0 Å². The summed E-state index contributed by atoms with van der Waals surface area (Å²) in [4.78, 5) is 0.377. The summed E-state index contributed by atoms with van der Waals surface area (Å²) in [5.74, 6) is 2.03. The lowest BCUT2D eigenvalue weighted by molar-refractivity contribution is 0.604. The maximum atomic E-state index is 12.1. The highest BCUT2D eigenvalue weighted by Crippen LogP contribution is 2.35. The van der Waals surface area contributed by atoms with Crippen LogP contribution in [-0.2, 0) is 9.84 Å². The molecule has 1 aromatic rings. The van der Waals surface area contributed by atoms with E-state index in [1.165, 1.54) is 5.41 Å². The minimum atomic E-state index is -3.28. The maximum Gasteiger partial charge on any atom is 0.201 e. The summed E-state index contributed by atoms with van der Waals surface area (Å²) in [6.45, 7) is 1.95. The number of thioether (sulfide) groups is 2. The van der Waals surface area contributed by atoms with Crippen LogP contribution < -0.4 is 0 Å². The quantitative estimate of drug-likeness (QED) is 0.834. The molecule has 92 valence electrons. The van der Waals surface area contributed by atoms with Gasteiger partial charge in [0.25, 0.3) is 0 Å². The molecule has 1 saturated heterocycles. The van der Waals surface area contributed by atoms with Crippen molar-refractivity contribution in [2.45, 2.75) is 18.2 Å². The third-order valence-electron chi connectivity index (χ3n) is 2.38. The highest BCUT2D eigenvalue weighted by Gasteiger charge is 2.15. The molecule has 0 spiro atoms. The van der Waals surface area contributed by atoms with E-state index in [4.69, 9.17) is 0 Å². The van der Waals surface area contributed by atoms with Crippen molar-refractivity contribution in [1.82, 2.24) is 0 Å². The number of rotatable bonds is 2. The van der Waals surface area contributed by atoms with E-state index in [9.17, 15) is 8.42 Å². The first-order chi connectivity index (χ1) is 8.08. The van der Waals surface area contributed by atoms with Crippen molar-refractivity contribution in [1.29, 1.82) is 0 Å². The van der Waals surface area contributed by atoms with Gasteiger partial charge in [-0.2, -0.15) is 0 Å². The Morgan fingerprint density at radius 1 is 1.12 bits per heavy atom. The molecule has 1 heterocycles. The molecule has 1 aliphatic rings. The second-order valence-electron chi connectivity index (χ2n) is 3.85. The molecule has 1 aromatic carbocycles. The lowest BCUT2D eigenvalue weighted by atomic mass is 10.2. The van der Waals surface area contributed by atoms with E-state index in [1.807, 2.05) is 19.1 Å². The fraction of sp³-hybridized carbons (Fsp3) is 0.333. The van der Waals surface area contributed by atoms with Crippen LogP contribution in [0.15, 0.2) is 38.8 Å². The Morgan fingerprint density at radius 3 is 2.29 bits per heavy atom. The summed E-state index contributed by atoms with van der Waals surface area (Å²) in [6.07, 6.45) is 1.15. The lowest BCUT2D eigenvalue weighted by Crippen LogP contribution is -1.99. The van der Waals surface area contributed by atoms with Gasteiger partial charge in [-0.05, 0) is 37.0 Å². The largest absolute Gasteiger partial charge is 0.219 e. The van der Waals surface area contributed by atoms with E-state index in [-0.39, 0.29) is 0 Å². The van der Waals surface area contributed by atoms with Gasteiger partial charge in [-0.1, -0.05) is 17.7 Å². The molecule has 0 N–H and O–H groups in total. The highest BCUT2D eigenvalue weighted by molar-refractivity contribution is 8.23. The molecule has 0 atom stereocenters. The van der Waals surface area contributed by atoms with Crippen molar-refractivity contribution in [3.05, 3.63) is 39.5 Å². The second-order valence-corrected chi connectivity index (χ2v) is 8.17. The molecule has 0 unspecified atom stereocenters. The van der Waals surface area contributed by atoms with Gasteiger partial charge in [-0.3, -0.25) is 0 Å². The van der Waals surface area contributed by atoms with Crippen molar-refractivity contribution in [2.75, 3.05) is 11.5 Å². The first-order valence-corrected chi connectivity index (χ1v) is 8.89. The SMILES string of the molecule is Cc1ccc(S(=O)(=O)C=C2SCCCS2)cc1. The maximum absolute atomic E-state index is 12.1. The number of hydrogen-bond donors (Lipinski definition) is 0. The smallest absolute Gasteiger partial charge is 0.201 e. The Hall–Kier alpha value is -0.390. The zero-order valence-corrected chi connectivity index (χ0v) is 12.0. The Bertz CT molecular complexity index is 507. The van der Waals surface area contributed by atoms with Crippen LogP contribution in [0.4, 0.5) is 0 Å². The van der Waals surface area contributed by atoms with Gasteiger partial charge < -0.3 is 0 Å².